The average Bonchev–Trinajstić information content (AvgIpc) is 2.66. The van der Waals surface area contributed by atoms with Crippen molar-refractivity contribution in [1.82, 2.24) is 4.98 Å². The summed E-state index contributed by atoms with van der Waals surface area (Å²) >= 11 is 0. The molecule has 4 rings (SSSR count). The summed E-state index contributed by atoms with van der Waals surface area (Å²) in [6.07, 6.45) is 1.84. The third kappa shape index (κ3) is 2.35. The summed E-state index contributed by atoms with van der Waals surface area (Å²) in [6.45, 7) is 0. The number of aromatic nitrogens is 1. The summed E-state index contributed by atoms with van der Waals surface area (Å²) in [5.74, 6) is 1.55. The predicted octanol–water partition coefficient (Wildman–Crippen LogP) is 5.07. The lowest BCUT2D eigenvalue weighted by Gasteiger charge is -2.12. The van der Waals surface area contributed by atoms with E-state index in [4.69, 9.17) is 9.47 Å². The van der Waals surface area contributed by atoms with Gasteiger partial charge in [0.25, 0.3) is 0 Å². The van der Waals surface area contributed by atoms with Crippen LogP contribution in [0.15, 0.2) is 66.9 Å². The molecule has 3 aromatic carbocycles. The maximum atomic E-state index is 5.42. The molecule has 0 aliphatic carbocycles. The van der Waals surface area contributed by atoms with Crippen LogP contribution < -0.4 is 9.47 Å². The fourth-order valence-electron chi connectivity index (χ4n) is 3.12. The van der Waals surface area contributed by atoms with Crippen molar-refractivity contribution in [2.24, 2.45) is 0 Å². The number of fused-ring (bicyclic) bond motifs is 3. The zero-order valence-corrected chi connectivity index (χ0v) is 13.6. The zero-order chi connectivity index (χ0) is 16.5. The monoisotopic (exact) mass is 315 g/mol. The molecule has 4 aromatic rings. The highest BCUT2D eigenvalue weighted by Gasteiger charge is 2.11. The summed E-state index contributed by atoms with van der Waals surface area (Å²) in [7, 11) is 3.33. The van der Waals surface area contributed by atoms with Gasteiger partial charge in [-0.3, -0.25) is 4.98 Å². The van der Waals surface area contributed by atoms with Crippen LogP contribution in [0.4, 0.5) is 0 Å². The van der Waals surface area contributed by atoms with Gasteiger partial charge in [0.2, 0.25) is 0 Å². The molecule has 0 amide bonds. The Labute approximate surface area is 140 Å². The van der Waals surface area contributed by atoms with Crippen molar-refractivity contribution in [3.8, 4) is 22.6 Å². The van der Waals surface area contributed by atoms with E-state index in [-0.39, 0.29) is 0 Å². The Bertz CT molecular complexity index is 1020. The van der Waals surface area contributed by atoms with Crippen LogP contribution >= 0.6 is 0 Å². The molecular formula is C21H17NO2. The molecule has 0 spiro atoms. The number of pyridine rings is 1. The lowest BCUT2D eigenvalue weighted by molar-refractivity contribution is 0.394. The third-order valence-corrected chi connectivity index (χ3v) is 4.28. The summed E-state index contributed by atoms with van der Waals surface area (Å²) in [4.78, 5) is 4.62. The molecule has 0 N–H and O–H groups in total. The second-order valence-electron chi connectivity index (χ2n) is 5.65. The first-order valence-electron chi connectivity index (χ1n) is 7.80. The summed E-state index contributed by atoms with van der Waals surface area (Å²) in [5.41, 5.74) is 3.18. The number of hydrogen-bond acceptors (Lipinski definition) is 3. The Balaban J connectivity index is 2.09. The van der Waals surface area contributed by atoms with Crippen LogP contribution in [0.3, 0.4) is 0 Å². The third-order valence-electron chi connectivity index (χ3n) is 4.28. The van der Waals surface area contributed by atoms with Gasteiger partial charge in [-0.25, -0.2) is 0 Å². The van der Waals surface area contributed by atoms with Crippen molar-refractivity contribution >= 4 is 21.7 Å². The van der Waals surface area contributed by atoms with Crippen LogP contribution in [-0.4, -0.2) is 19.2 Å². The first-order valence-corrected chi connectivity index (χ1v) is 7.80. The minimum Gasteiger partial charge on any atom is -0.497 e. The zero-order valence-electron chi connectivity index (χ0n) is 13.6. The molecule has 0 aliphatic rings. The van der Waals surface area contributed by atoms with Crippen LogP contribution in [0.1, 0.15) is 0 Å². The molecule has 0 aliphatic heterocycles. The van der Waals surface area contributed by atoms with Crippen molar-refractivity contribution in [2.45, 2.75) is 0 Å². The standard InChI is InChI=1S/C21H17NO2/c1-23-17-11-16(12-18(13-17)24-2)19-7-3-5-14-8-9-15-6-4-10-22-21(15)20(14)19/h3-13H,1-2H3. The number of benzene rings is 3. The largest absolute Gasteiger partial charge is 0.497 e. The van der Waals surface area contributed by atoms with Crippen LogP contribution in [-0.2, 0) is 0 Å². The van der Waals surface area contributed by atoms with Crippen LogP contribution in [0, 0.1) is 0 Å². The molecule has 3 nitrogen and oxygen atoms in total. The van der Waals surface area contributed by atoms with E-state index in [0.29, 0.717) is 0 Å². The number of rotatable bonds is 3. The molecule has 118 valence electrons. The van der Waals surface area contributed by atoms with Gasteiger partial charge in [-0.05, 0) is 34.7 Å². The lowest BCUT2D eigenvalue weighted by Crippen LogP contribution is -1.90. The second kappa shape index (κ2) is 5.85. The van der Waals surface area contributed by atoms with Gasteiger partial charge in [0.1, 0.15) is 11.5 Å². The van der Waals surface area contributed by atoms with Crippen LogP contribution in [0.25, 0.3) is 32.8 Å². The van der Waals surface area contributed by atoms with Gasteiger partial charge in [-0.1, -0.05) is 36.4 Å². The minimum absolute atomic E-state index is 0.773. The average molecular weight is 315 g/mol. The molecule has 0 bridgehead atoms. The maximum Gasteiger partial charge on any atom is 0.123 e. The van der Waals surface area contributed by atoms with E-state index in [9.17, 15) is 0 Å². The molecule has 0 radical (unpaired) electrons. The number of hydrogen-bond donors (Lipinski definition) is 0. The van der Waals surface area contributed by atoms with E-state index in [1.807, 2.05) is 30.5 Å². The minimum atomic E-state index is 0.773. The number of nitrogens with zero attached hydrogens (tertiary/aromatic N) is 1. The van der Waals surface area contributed by atoms with E-state index in [1.54, 1.807) is 14.2 Å². The summed E-state index contributed by atoms with van der Waals surface area (Å²) in [5, 5.41) is 3.44. The highest BCUT2D eigenvalue weighted by atomic mass is 16.5. The molecule has 0 atom stereocenters. The van der Waals surface area contributed by atoms with Gasteiger partial charge in [-0.2, -0.15) is 0 Å². The fraction of sp³-hybridized carbons (Fsp3) is 0.0952. The van der Waals surface area contributed by atoms with E-state index in [0.717, 1.165) is 38.9 Å². The van der Waals surface area contributed by atoms with Crippen LogP contribution in [0.5, 0.6) is 11.5 Å². The van der Waals surface area contributed by atoms with Gasteiger partial charge in [0.15, 0.2) is 0 Å². The molecule has 0 saturated carbocycles. The first-order chi connectivity index (χ1) is 11.8. The topological polar surface area (TPSA) is 31.4 Å². The Morgan fingerprint density at radius 2 is 1.46 bits per heavy atom. The van der Waals surface area contributed by atoms with Gasteiger partial charge in [-0.15, -0.1) is 0 Å². The lowest BCUT2D eigenvalue weighted by atomic mass is 9.96. The highest BCUT2D eigenvalue weighted by Crippen LogP contribution is 2.36. The van der Waals surface area contributed by atoms with Crippen molar-refractivity contribution in [3.05, 3.63) is 66.9 Å². The quantitative estimate of drug-likeness (QED) is 0.494. The van der Waals surface area contributed by atoms with Crippen molar-refractivity contribution < 1.29 is 9.47 Å². The number of methoxy groups -OCH3 is 2. The summed E-state index contributed by atoms with van der Waals surface area (Å²) < 4.78 is 10.8. The molecule has 1 aromatic heterocycles. The predicted molar refractivity (Wildman–Crippen MR) is 97.8 cm³/mol. The van der Waals surface area contributed by atoms with Crippen molar-refractivity contribution in [3.63, 3.8) is 0 Å². The van der Waals surface area contributed by atoms with E-state index in [2.05, 4.69) is 41.4 Å². The van der Waals surface area contributed by atoms with E-state index >= 15 is 0 Å². The molecule has 3 heteroatoms. The Hall–Kier alpha value is -3.07. The van der Waals surface area contributed by atoms with Gasteiger partial charge in [0, 0.05) is 23.0 Å². The molecule has 1 heterocycles. The first kappa shape index (κ1) is 14.5. The van der Waals surface area contributed by atoms with E-state index < -0.39 is 0 Å². The SMILES string of the molecule is COc1cc(OC)cc(-c2cccc3ccc4cccnc4c23)c1. The highest BCUT2D eigenvalue weighted by molar-refractivity contribution is 6.12. The second-order valence-corrected chi connectivity index (χ2v) is 5.65. The summed E-state index contributed by atoms with van der Waals surface area (Å²) in [6, 6.07) is 20.5. The molecule has 24 heavy (non-hydrogen) atoms. The molecular weight excluding hydrogens is 298 g/mol. The van der Waals surface area contributed by atoms with Gasteiger partial charge >= 0.3 is 0 Å². The molecule has 0 unspecified atom stereocenters. The molecule has 0 saturated heterocycles. The fourth-order valence-corrected chi connectivity index (χ4v) is 3.12. The Morgan fingerprint density at radius 1 is 0.750 bits per heavy atom. The maximum absolute atomic E-state index is 5.42. The van der Waals surface area contributed by atoms with Crippen molar-refractivity contribution in [1.29, 1.82) is 0 Å². The Morgan fingerprint density at radius 3 is 2.21 bits per heavy atom. The number of ether oxygens (including phenoxy) is 2. The van der Waals surface area contributed by atoms with Gasteiger partial charge < -0.3 is 9.47 Å². The van der Waals surface area contributed by atoms with Crippen LogP contribution in [0.2, 0.25) is 0 Å². The molecule has 0 fully saturated rings. The smallest absolute Gasteiger partial charge is 0.123 e. The van der Waals surface area contributed by atoms with E-state index in [1.165, 1.54) is 5.39 Å². The normalized spacial score (nSPS) is 10.9. The Kier molecular flexibility index (Phi) is 3.54. The van der Waals surface area contributed by atoms with Gasteiger partial charge in [0.05, 0.1) is 19.7 Å². The van der Waals surface area contributed by atoms with Crippen molar-refractivity contribution in [2.75, 3.05) is 14.2 Å².